The van der Waals surface area contributed by atoms with Crippen LogP contribution in [0.25, 0.3) is 0 Å². The molecule has 2 amide bonds. The molecule has 1 aromatic rings. The van der Waals surface area contributed by atoms with Gasteiger partial charge in [-0.15, -0.1) is 0 Å². The summed E-state index contributed by atoms with van der Waals surface area (Å²) >= 11 is 0. The zero-order valence-corrected chi connectivity index (χ0v) is 23.7. The third kappa shape index (κ3) is 4.64. The molecule has 0 radical (unpaired) electrons. The molecular weight excluding hydrogens is 494 g/mol. The van der Waals surface area contributed by atoms with E-state index in [1.54, 1.807) is 6.26 Å². The molecule has 0 spiro atoms. The fourth-order valence-electron chi connectivity index (χ4n) is 10.0. The lowest BCUT2D eigenvalue weighted by Gasteiger charge is -2.63. The molecule has 4 N–H and O–H groups in total. The van der Waals surface area contributed by atoms with E-state index in [0.717, 1.165) is 82.9 Å². The monoisotopic (exact) mass is 541 g/mol. The van der Waals surface area contributed by atoms with Crippen molar-refractivity contribution in [3.05, 3.63) is 34.4 Å². The second-order valence-corrected chi connectivity index (χ2v) is 14.0. The van der Waals surface area contributed by atoms with Crippen molar-refractivity contribution < 1.29 is 19.4 Å². The van der Waals surface area contributed by atoms with E-state index in [1.165, 1.54) is 6.07 Å². The van der Waals surface area contributed by atoms with E-state index in [2.05, 4.69) is 29.4 Å². The first-order valence-electron chi connectivity index (χ1n) is 15.4. The molecular formula is C31H47N3O5. The Morgan fingerprint density at radius 2 is 1.92 bits per heavy atom. The van der Waals surface area contributed by atoms with Crippen LogP contribution in [-0.4, -0.2) is 65.1 Å². The van der Waals surface area contributed by atoms with Gasteiger partial charge in [-0.3, -0.25) is 4.90 Å². The Kier molecular flexibility index (Phi) is 7.12. The van der Waals surface area contributed by atoms with Gasteiger partial charge in [0.1, 0.15) is 0 Å². The quantitative estimate of drug-likeness (QED) is 0.453. The van der Waals surface area contributed by atoms with Gasteiger partial charge < -0.3 is 25.3 Å². The van der Waals surface area contributed by atoms with Crippen molar-refractivity contribution in [1.29, 1.82) is 0 Å². The minimum atomic E-state index is -0.689. The number of amides is 2. The number of aliphatic hydroxyl groups excluding tert-OH is 1. The lowest BCUT2D eigenvalue weighted by Crippen LogP contribution is -2.62. The van der Waals surface area contributed by atoms with Crippen LogP contribution in [0.5, 0.6) is 0 Å². The van der Waals surface area contributed by atoms with Crippen LogP contribution in [0.1, 0.15) is 89.5 Å². The number of nitrogens with zero attached hydrogens (tertiary/aromatic N) is 1. The van der Waals surface area contributed by atoms with Crippen molar-refractivity contribution in [2.24, 2.45) is 28.6 Å². The molecule has 0 bridgehead atoms. The standard InChI is InChI=1S/C31H47N3O5/c1-29-11-7-22(33-28(37)32-14-16-34-15-10-23(35)18-34)17-21(29)4-5-26-25(29)8-12-30(2)24(9-13-31(26,30)38)20-3-6-27(36)39-19-20/h3,6,19,21-26,35,38H,4-5,7-18H2,1-2H3,(H2,32,33,37)/t21-,22+,23-,24-,25+,26-,29?,30?,31+/m1/s1. The van der Waals surface area contributed by atoms with Crippen molar-refractivity contribution in [2.75, 3.05) is 26.2 Å². The maximum Gasteiger partial charge on any atom is 0.335 e. The fourth-order valence-corrected chi connectivity index (χ4v) is 10.0. The van der Waals surface area contributed by atoms with Crippen LogP contribution in [0.3, 0.4) is 0 Å². The Morgan fingerprint density at radius 1 is 1.08 bits per heavy atom. The van der Waals surface area contributed by atoms with Gasteiger partial charge in [0.15, 0.2) is 0 Å². The number of fused-ring (bicyclic) bond motifs is 5. The zero-order valence-electron chi connectivity index (χ0n) is 23.7. The third-order valence-electron chi connectivity index (χ3n) is 12.3. The lowest BCUT2D eigenvalue weighted by atomic mass is 9.43. The average molecular weight is 542 g/mol. The van der Waals surface area contributed by atoms with Crippen LogP contribution in [-0.2, 0) is 0 Å². The van der Waals surface area contributed by atoms with Gasteiger partial charge in [-0.25, -0.2) is 9.59 Å². The highest BCUT2D eigenvalue weighted by atomic mass is 16.4. The van der Waals surface area contributed by atoms with E-state index in [4.69, 9.17) is 4.42 Å². The van der Waals surface area contributed by atoms with Gasteiger partial charge in [0.05, 0.1) is 18.0 Å². The number of carbonyl (C=O) groups is 1. The molecule has 4 aliphatic carbocycles. The molecule has 0 aromatic carbocycles. The molecule has 216 valence electrons. The molecule has 8 heteroatoms. The summed E-state index contributed by atoms with van der Waals surface area (Å²) in [5.41, 5.74) is 0.0293. The van der Waals surface area contributed by atoms with Gasteiger partial charge in [0.25, 0.3) is 0 Å². The second kappa shape index (κ2) is 10.2. The molecule has 2 unspecified atom stereocenters. The zero-order chi connectivity index (χ0) is 27.4. The summed E-state index contributed by atoms with van der Waals surface area (Å²) < 4.78 is 5.22. The van der Waals surface area contributed by atoms with Crippen LogP contribution in [0.15, 0.2) is 27.6 Å². The second-order valence-electron chi connectivity index (χ2n) is 14.0. The van der Waals surface area contributed by atoms with Crippen molar-refractivity contribution >= 4 is 6.03 Å². The summed E-state index contributed by atoms with van der Waals surface area (Å²) in [6.07, 6.45) is 11.3. The Balaban J connectivity index is 1.07. The maximum atomic E-state index is 12.6. The van der Waals surface area contributed by atoms with Crippen molar-refractivity contribution in [3.63, 3.8) is 0 Å². The van der Waals surface area contributed by atoms with Gasteiger partial charge in [-0.2, -0.15) is 0 Å². The highest BCUT2D eigenvalue weighted by Gasteiger charge is 2.67. The number of urea groups is 1. The minimum Gasteiger partial charge on any atom is -0.431 e. The Hall–Kier alpha value is -1.90. The molecule has 2 heterocycles. The molecule has 5 fully saturated rings. The molecule has 1 aromatic heterocycles. The summed E-state index contributed by atoms with van der Waals surface area (Å²) in [5.74, 6) is 1.59. The fraction of sp³-hybridized carbons (Fsp3) is 0.806. The molecule has 6 rings (SSSR count). The van der Waals surface area contributed by atoms with E-state index in [-0.39, 0.29) is 40.6 Å². The summed E-state index contributed by atoms with van der Waals surface area (Å²) in [4.78, 5) is 26.4. The topological polar surface area (TPSA) is 115 Å². The van der Waals surface area contributed by atoms with Gasteiger partial charge in [-0.1, -0.05) is 13.8 Å². The van der Waals surface area contributed by atoms with E-state index in [0.29, 0.717) is 30.8 Å². The van der Waals surface area contributed by atoms with Gasteiger partial charge in [0, 0.05) is 43.7 Å². The number of β-amino-alcohol motifs (C(OH)–C–C–N with tert-alkyl or cyclic N) is 1. The molecule has 4 saturated carbocycles. The highest BCUT2D eigenvalue weighted by Crippen LogP contribution is 2.70. The minimum absolute atomic E-state index is 0.0754. The highest BCUT2D eigenvalue weighted by molar-refractivity contribution is 5.74. The smallest absolute Gasteiger partial charge is 0.335 e. The molecule has 39 heavy (non-hydrogen) atoms. The SMILES string of the molecule is CC12CC[C@H](NC(=O)NCCN3CC[C@@H](O)C3)C[C@H]1CC[C@@H]1[C@@H]2CCC2(C)[C@@H](c3ccc(=O)oc3)CC[C@]12O. The molecule has 1 aliphatic heterocycles. The number of hydrogen-bond donors (Lipinski definition) is 4. The molecule has 9 atom stereocenters. The van der Waals surface area contributed by atoms with Crippen LogP contribution >= 0.6 is 0 Å². The Morgan fingerprint density at radius 3 is 2.67 bits per heavy atom. The first kappa shape index (κ1) is 27.3. The lowest BCUT2D eigenvalue weighted by molar-refractivity contribution is -0.201. The normalized spacial score (nSPS) is 43.8. The van der Waals surface area contributed by atoms with E-state index in [1.807, 2.05) is 6.07 Å². The predicted molar refractivity (Wildman–Crippen MR) is 148 cm³/mol. The number of carbonyl (C=O) groups excluding carboxylic acids is 1. The number of rotatable bonds is 5. The number of nitrogens with one attached hydrogen (secondary N) is 2. The van der Waals surface area contributed by atoms with Crippen LogP contribution in [0.4, 0.5) is 4.79 Å². The number of hydrogen-bond acceptors (Lipinski definition) is 6. The average Bonchev–Trinajstić information content (AvgIpc) is 3.44. The first-order chi connectivity index (χ1) is 18.6. The van der Waals surface area contributed by atoms with E-state index >= 15 is 0 Å². The van der Waals surface area contributed by atoms with Crippen LogP contribution in [0, 0.1) is 28.6 Å². The Labute approximate surface area is 231 Å². The first-order valence-corrected chi connectivity index (χ1v) is 15.4. The number of likely N-dealkylation sites (tertiary alicyclic amines) is 1. The van der Waals surface area contributed by atoms with Gasteiger partial charge in [0.2, 0.25) is 0 Å². The third-order valence-corrected chi connectivity index (χ3v) is 12.3. The maximum absolute atomic E-state index is 12.6. The largest absolute Gasteiger partial charge is 0.431 e. The van der Waals surface area contributed by atoms with Crippen molar-refractivity contribution in [1.82, 2.24) is 15.5 Å². The van der Waals surface area contributed by atoms with E-state index in [9.17, 15) is 19.8 Å². The molecule has 5 aliphatic rings. The molecule has 1 saturated heterocycles. The van der Waals surface area contributed by atoms with Crippen molar-refractivity contribution in [2.45, 2.75) is 102 Å². The summed E-state index contributed by atoms with van der Waals surface area (Å²) in [6, 6.07) is 3.54. The van der Waals surface area contributed by atoms with Crippen LogP contribution in [0.2, 0.25) is 0 Å². The summed E-state index contributed by atoms with van der Waals surface area (Å²) in [6.45, 7) is 7.73. The number of aliphatic hydroxyl groups is 2. The van der Waals surface area contributed by atoms with Gasteiger partial charge in [-0.05, 0) is 105 Å². The summed E-state index contributed by atoms with van der Waals surface area (Å²) in [7, 11) is 0. The van der Waals surface area contributed by atoms with E-state index < -0.39 is 5.60 Å². The van der Waals surface area contributed by atoms with Crippen LogP contribution < -0.4 is 16.3 Å². The van der Waals surface area contributed by atoms with Gasteiger partial charge >= 0.3 is 11.7 Å². The Bertz CT molecular complexity index is 1110. The predicted octanol–water partition coefficient (Wildman–Crippen LogP) is 3.62. The summed E-state index contributed by atoms with van der Waals surface area (Å²) in [5, 5.41) is 28.4. The molecule has 8 nitrogen and oxygen atoms in total. The van der Waals surface area contributed by atoms with Crippen molar-refractivity contribution in [3.8, 4) is 0 Å².